The Morgan fingerprint density at radius 2 is 1.84 bits per heavy atom. The van der Waals surface area contributed by atoms with E-state index in [0.29, 0.717) is 24.7 Å². The van der Waals surface area contributed by atoms with E-state index in [-0.39, 0.29) is 47.4 Å². The summed E-state index contributed by atoms with van der Waals surface area (Å²) in [6.07, 6.45) is 2.18. The van der Waals surface area contributed by atoms with Crippen LogP contribution in [0.4, 0.5) is 17.2 Å². The number of nitrogens with one attached hydrogen (secondary N) is 1. The van der Waals surface area contributed by atoms with Gasteiger partial charge in [-0.05, 0) is 31.2 Å². The van der Waals surface area contributed by atoms with Gasteiger partial charge < -0.3 is 21.2 Å². The molecule has 0 radical (unpaired) electrons. The first-order valence-corrected chi connectivity index (χ1v) is 8.97. The van der Waals surface area contributed by atoms with E-state index in [4.69, 9.17) is 0 Å². The normalized spacial score (nSPS) is 15.3. The topological polar surface area (TPSA) is 155 Å². The summed E-state index contributed by atoms with van der Waals surface area (Å²) in [5.41, 5.74) is 0.575. The Bertz CT molecular complexity index is 798. The summed E-state index contributed by atoms with van der Waals surface area (Å²) in [5.74, 6) is 0.892. The van der Waals surface area contributed by atoms with Gasteiger partial charge in [0.05, 0.1) is 4.92 Å². The van der Waals surface area contributed by atoms with E-state index in [0.717, 1.165) is 25.5 Å². The number of carbonyl (C=O) groups is 1. The number of aromatic nitrogens is 1. The Morgan fingerprint density at radius 1 is 1.16 bits per heavy atom. The molecule has 12 heteroatoms. The van der Waals surface area contributed by atoms with Crippen LogP contribution in [0.1, 0.15) is 13.3 Å². The number of piperazine rings is 1. The fraction of sp³-hybridized carbons (Fsp3) is 0.368. The fourth-order valence-electron chi connectivity index (χ4n) is 3.21. The highest BCUT2D eigenvalue weighted by atomic mass is 35.5. The Morgan fingerprint density at radius 3 is 2.39 bits per heavy atom. The first-order chi connectivity index (χ1) is 13.0. The zero-order chi connectivity index (χ0) is 19.2. The van der Waals surface area contributed by atoms with E-state index >= 15 is 0 Å². The maximum atomic E-state index is 12.2. The van der Waals surface area contributed by atoms with Gasteiger partial charge in [-0.3, -0.25) is 19.8 Å². The number of pyridine rings is 1. The lowest BCUT2D eigenvalue weighted by Crippen LogP contribution is -2.52. The van der Waals surface area contributed by atoms with E-state index in [9.17, 15) is 14.9 Å². The minimum absolute atomic E-state index is 0. The van der Waals surface area contributed by atoms with Crippen molar-refractivity contribution in [2.24, 2.45) is 0 Å². The van der Waals surface area contributed by atoms with Gasteiger partial charge in [0, 0.05) is 62.7 Å². The molecule has 1 atom stereocenters. The molecule has 1 amide bonds. The molecule has 31 heavy (non-hydrogen) atoms. The molecule has 2 heterocycles. The summed E-state index contributed by atoms with van der Waals surface area (Å²) < 4.78 is 0. The van der Waals surface area contributed by atoms with Crippen LogP contribution in [0, 0.1) is 10.1 Å². The average Bonchev–Trinajstić information content (AvgIpc) is 2.68. The molecule has 174 valence electrons. The summed E-state index contributed by atoms with van der Waals surface area (Å²) in [6.45, 7) is 5.47. The Kier molecular flexibility index (Phi) is 14.4. The van der Waals surface area contributed by atoms with Crippen LogP contribution in [0.5, 0.6) is 0 Å². The second-order valence-electron chi connectivity index (χ2n) is 6.62. The molecular formula is C19H29Cl2N5O5. The van der Waals surface area contributed by atoms with Crippen LogP contribution in [0.15, 0.2) is 48.7 Å². The van der Waals surface area contributed by atoms with Crippen molar-refractivity contribution in [1.29, 1.82) is 0 Å². The largest absolute Gasteiger partial charge is 0.412 e. The molecule has 0 spiro atoms. The van der Waals surface area contributed by atoms with Gasteiger partial charge in [-0.25, -0.2) is 4.98 Å². The number of rotatable bonds is 6. The zero-order valence-corrected chi connectivity index (χ0v) is 18.7. The van der Waals surface area contributed by atoms with E-state index in [1.54, 1.807) is 18.3 Å². The van der Waals surface area contributed by atoms with Gasteiger partial charge in [0.1, 0.15) is 5.82 Å². The van der Waals surface area contributed by atoms with Gasteiger partial charge in [0.15, 0.2) is 0 Å². The van der Waals surface area contributed by atoms with Crippen LogP contribution >= 0.6 is 24.8 Å². The molecule has 1 aromatic heterocycles. The van der Waals surface area contributed by atoms with Crippen molar-refractivity contribution in [3.8, 4) is 0 Å². The Labute approximate surface area is 193 Å². The number of amides is 1. The number of nitro benzene ring substituents is 1. The summed E-state index contributed by atoms with van der Waals surface area (Å²) >= 11 is 0. The van der Waals surface area contributed by atoms with E-state index < -0.39 is 4.92 Å². The van der Waals surface area contributed by atoms with Crippen LogP contribution in [0.2, 0.25) is 0 Å². The monoisotopic (exact) mass is 477 g/mol. The van der Waals surface area contributed by atoms with Gasteiger partial charge in [-0.15, -0.1) is 24.8 Å². The average molecular weight is 478 g/mol. The van der Waals surface area contributed by atoms with Crippen molar-refractivity contribution in [3.05, 3.63) is 58.8 Å². The van der Waals surface area contributed by atoms with Crippen molar-refractivity contribution in [1.82, 2.24) is 9.88 Å². The molecule has 0 bridgehead atoms. The predicted octanol–water partition coefficient (Wildman–Crippen LogP) is 1.72. The number of benzene rings is 1. The minimum Gasteiger partial charge on any atom is -0.412 e. The predicted molar refractivity (Wildman–Crippen MR) is 126 cm³/mol. The summed E-state index contributed by atoms with van der Waals surface area (Å²) in [5, 5.41) is 13.5. The van der Waals surface area contributed by atoms with Crippen molar-refractivity contribution < 1.29 is 20.7 Å². The first kappa shape index (κ1) is 30.7. The molecule has 3 rings (SSSR count). The van der Waals surface area contributed by atoms with Crippen LogP contribution in [0.25, 0.3) is 0 Å². The summed E-state index contributed by atoms with van der Waals surface area (Å²) in [4.78, 5) is 31.3. The van der Waals surface area contributed by atoms with Crippen LogP contribution < -0.4 is 10.2 Å². The SMILES string of the molecule is CC1CN(c2ccccn2)CCN1CCC(=O)Nc1ccc([N+](=O)[O-])cc1.Cl.Cl.O.O. The molecule has 1 saturated heterocycles. The molecule has 1 aliphatic rings. The Hall–Kier alpha value is -2.50. The van der Waals surface area contributed by atoms with Gasteiger partial charge >= 0.3 is 0 Å². The smallest absolute Gasteiger partial charge is 0.269 e. The van der Waals surface area contributed by atoms with E-state index in [1.807, 2.05) is 18.2 Å². The highest BCUT2D eigenvalue weighted by Gasteiger charge is 2.24. The molecule has 10 nitrogen and oxygen atoms in total. The quantitative estimate of drug-likeness (QED) is 0.492. The first-order valence-electron chi connectivity index (χ1n) is 8.97. The lowest BCUT2D eigenvalue weighted by molar-refractivity contribution is -0.384. The molecule has 2 aromatic rings. The van der Waals surface area contributed by atoms with Gasteiger partial charge in [0.2, 0.25) is 5.91 Å². The molecule has 0 saturated carbocycles. The zero-order valence-electron chi connectivity index (χ0n) is 17.1. The molecule has 1 aliphatic heterocycles. The Balaban J connectivity index is 0. The number of halogens is 2. The van der Waals surface area contributed by atoms with Crippen molar-refractivity contribution >= 4 is 47.9 Å². The number of nitrogens with zero attached hydrogens (tertiary/aromatic N) is 4. The van der Waals surface area contributed by atoms with Crippen LogP contribution in [-0.4, -0.2) is 63.9 Å². The molecule has 1 aromatic carbocycles. The van der Waals surface area contributed by atoms with Gasteiger partial charge in [-0.2, -0.15) is 0 Å². The fourth-order valence-corrected chi connectivity index (χ4v) is 3.21. The number of non-ortho nitro benzene ring substituents is 1. The standard InChI is InChI=1S/C19H23N5O3.2ClH.2H2O/c1-15-14-23(18-4-2-3-10-20-18)13-12-22(15)11-9-19(25)21-16-5-7-17(8-6-16)24(26)27;;;;/h2-8,10,15H,9,11-14H2,1H3,(H,21,25);2*1H;2*1H2. The maximum Gasteiger partial charge on any atom is 0.269 e. The van der Waals surface area contributed by atoms with Crippen molar-refractivity contribution in [2.45, 2.75) is 19.4 Å². The highest BCUT2D eigenvalue weighted by molar-refractivity contribution is 5.90. The molecular weight excluding hydrogens is 449 g/mol. The maximum absolute atomic E-state index is 12.2. The lowest BCUT2D eigenvalue weighted by atomic mass is 10.1. The number of anilines is 2. The third kappa shape index (κ3) is 8.64. The third-order valence-electron chi connectivity index (χ3n) is 4.73. The van der Waals surface area contributed by atoms with Crippen molar-refractivity contribution in [3.63, 3.8) is 0 Å². The molecule has 0 aliphatic carbocycles. The van der Waals surface area contributed by atoms with Crippen LogP contribution in [0.3, 0.4) is 0 Å². The number of hydrogen-bond acceptors (Lipinski definition) is 6. The summed E-state index contributed by atoms with van der Waals surface area (Å²) in [6, 6.07) is 12.1. The van der Waals surface area contributed by atoms with E-state index in [1.165, 1.54) is 12.1 Å². The van der Waals surface area contributed by atoms with E-state index in [2.05, 4.69) is 27.0 Å². The molecule has 1 fully saturated rings. The van der Waals surface area contributed by atoms with Crippen LogP contribution in [-0.2, 0) is 4.79 Å². The van der Waals surface area contributed by atoms with Gasteiger partial charge in [0.25, 0.3) is 5.69 Å². The molecule has 5 N–H and O–H groups in total. The second kappa shape index (κ2) is 14.5. The third-order valence-corrected chi connectivity index (χ3v) is 4.73. The molecule has 1 unspecified atom stereocenters. The van der Waals surface area contributed by atoms with Gasteiger partial charge in [-0.1, -0.05) is 6.07 Å². The highest BCUT2D eigenvalue weighted by Crippen LogP contribution is 2.18. The lowest BCUT2D eigenvalue weighted by Gasteiger charge is -2.40. The number of hydrogen-bond donors (Lipinski definition) is 1. The number of carbonyl (C=O) groups excluding carboxylic acids is 1. The minimum atomic E-state index is -0.461. The number of nitro groups is 1. The summed E-state index contributed by atoms with van der Waals surface area (Å²) in [7, 11) is 0. The second-order valence-corrected chi connectivity index (χ2v) is 6.62. The van der Waals surface area contributed by atoms with Crippen molar-refractivity contribution in [2.75, 3.05) is 36.4 Å².